The highest BCUT2D eigenvalue weighted by Crippen LogP contribution is 2.21. The molecule has 3 aromatic rings. The molecule has 0 aliphatic carbocycles. The van der Waals surface area contributed by atoms with E-state index in [2.05, 4.69) is 25.6 Å². The summed E-state index contributed by atoms with van der Waals surface area (Å²) in [7, 11) is -3.83. The summed E-state index contributed by atoms with van der Waals surface area (Å²) in [6.07, 6.45) is 1.20. The molecule has 2 amide bonds. The zero-order valence-electron chi connectivity index (χ0n) is 18.8. The third-order valence-corrected chi connectivity index (χ3v) is 5.19. The molecule has 36 heavy (non-hydrogen) atoms. The minimum atomic E-state index is -3.83. The van der Waals surface area contributed by atoms with Gasteiger partial charge in [-0.05, 0) is 55.5 Å². The number of primary sulfonamides is 1. The number of esters is 1. The van der Waals surface area contributed by atoms with Crippen LogP contribution in [-0.4, -0.2) is 43.9 Å². The topological polar surface area (TPSA) is 230 Å². The summed E-state index contributed by atoms with van der Waals surface area (Å²) < 4.78 is 32.7. The second-order valence-electron chi connectivity index (χ2n) is 6.92. The van der Waals surface area contributed by atoms with Gasteiger partial charge in [-0.1, -0.05) is 0 Å². The number of oxazole rings is 1. The number of carbonyl (C=O) groups is 2. The van der Waals surface area contributed by atoms with Crippen molar-refractivity contribution in [3.8, 4) is 11.5 Å². The van der Waals surface area contributed by atoms with Crippen LogP contribution in [0.2, 0.25) is 0 Å². The largest absolute Gasteiger partial charge is 0.461 e. The van der Waals surface area contributed by atoms with Crippen LogP contribution >= 0.6 is 0 Å². The molecule has 0 aliphatic rings. The van der Waals surface area contributed by atoms with E-state index in [-0.39, 0.29) is 35.0 Å². The number of aliphatic imine (C=N–C) groups is 2. The monoisotopic (exact) mass is 514 g/mol. The average molecular weight is 515 g/mol. The molecule has 8 N–H and O–H groups in total. The fourth-order valence-electron chi connectivity index (χ4n) is 2.70. The number of nitrogens with one attached hydrogen (secondary N) is 2. The van der Waals surface area contributed by atoms with Crippen LogP contribution in [0, 0.1) is 0 Å². The number of sulfonamides is 1. The standard InChI is InChI=1S/C21H22N8O6S/c1-2-34-18(30)16-11-35-17(27-16)12-3-5-14(6-4-12)26-21(31)29-20(23)28-19(22)25-13-7-9-15(10-8-13)36(24,32)33/h3-11H,2H2,1H3,(H2,24,32,33)(H6,22,23,25,26,28,29,31). The van der Waals surface area contributed by atoms with Gasteiger partial charge in [0.1, 0.15) is 6.26 Å². The smallest absolute Gasteiger partial charge is 0.360 e. The van der Waals surface area contributed by atoms with Crippen LogP contribution in [0.25, 0.3) is 11.5 Å². The number of ether oxygens (including phenoxy) is 1. The van der Waals surface area contributed by atoms with E-state index >= 15 is 0 Å². The molecule has 0 saturated carbocycles. The highest BCUT2D eigenvalue weighted by molar-refractivity contribution is 7.89. The average Bonchev–Trinajstić information content (AvgIpc) is 3.29. The summed E-state index contributed by atoms with van der Waals surface area (Å²) in [5.41, 5.74) is 12.7. The number of carbonyl (C=O) groups excluding carboxylic acids is 2. The number of amides is 2. The predicted octanol–water partition coefficient (Wildman–Crippen LogP) is 1.25. The first kappa shape index (κ1) is 25.9. The van der Waals surface area contributed by atoms with E-state index in [4.69, 9.17) is 25.8 Å². The summed E-state index contributed by atoms with van der Waals surface area (Å²) in [6, 6.07) is 11.0. The van der Waals surface area contributed by atoms with Crippen LogP contribution in [0.4, 0.5) is 16.2 Å². The maximum absolute atomic E-state index is 12.2. The zero-order chi connectivity index (χ0) is 26.3. The van der Waals surface area contributed by atoms with Gasteiger partial charge in [0.15, 0.2) is 5.69 Å². The molecule has 3 rings (SSSR count). The van der Waals surface area contributed by atoms with E-state index in [1.165, 1.54) is 30.5 Å². The van der Waals surface area contributed by atoms with E-state index in [0.717, 1.165) is 0 Å². The maximum Gasteiger partial charge on any atom is 0.360 e. The quantitative estimate of drug-likeness (QED) is 0.181. The van der Waals surface area contributed by atoms with Crippen molar-refractivity contribution in [2.24, 2.45) is 26.6 Å². The van der Waals surface area contributed by atoms with Gasteiger partial charge in [-0.2, -0.15) is 4.99 Å². The van der Waals surface area contributed by atoms with Gasteiger partial charge in [-0.3, -0.25) is 5.32 Å². The second kappa shape index (κ2) is 11.1. The van der Waals surface area contributed by atoms with Crippen LogP contribution in [0.1, 0.15) is 17.4 Å². The number of hydrogen-bond donors (Lipinski definition) is 5. The molecule has 15 heteroatoms. The van der Waals surface area contributed by atoms with E-state index in [1.807, 2.05) is 0 Å². The molecule has 0 fully saturated rings. The molecule has 1 aromatic heterocycles. The molecule has 0 radical (unpaired) electrons. The Bertz CT molecular complexity index is 1410. The normalized spacial score (nSPS) is 12.2. The third-order valence-electron chi connectivity index (χ3n) is 4.26. The lowest BCUT2D eigenvalue weighted by molar-refractivity contribution is 0.0519. The Labute approximate surface area is 205 Å². The SMILES string of the molecule is CCOC(=O)c1coc(-c2ccc(NC(=O)NC(N)=NC(N)=Nc3ccc(S(N)(=O)=O)cc3)cc2)n1. The lowest BCUT2D eigenvalue weighted by atomic mass is 10.2. The first-order chi connectivity index (χ1) is 17.0. The lowest BCUT2D eigenvalue weighted by Crippen LogP contribution is -2.40. The summed E-state index contributed by atoms with van der Waals surface area (Å²) in [4.78, 5) is 35.6. The van der Waals surface area contributed by atoms with Crippen molar-refractivity contribution in [1.82, 2.24) is 10.3 Å². The van der Waals surface area contributed by atoms with Crippen molar-refractivity contribution < 1.29 is 27.2 Å². The van der Waals surface area contributed by atoms with Crippen molar-refractivity contribution in [1.29, 1.82) is 0 Å². The molecule has 0 aliphatic heterocycles. The van der Waals surface area contributed by atoms with E-state index < -0.39 is 22.0 Å². The molecular formula is C21H22N8O6S. The Morgan fingerprint density at radius 2 is 1.75 bits per heavy atom. The molecular weight excluding hydrogens is 492 g/mol. The summed E-state index contributed by atoms with van der Waals surface area (Å²) >= 11 is 0. The summed E-state index contributed by atoms with van der Waals surface area (Å²) in [5.74, 6) is -1.00. The minimum absolute atomic E-state index is 0.0477. The zero-order valence-corrected chi connectivity index (χ0v) is 19.7. The molecule has 0 bridgehead atoms. The molecule has 0 unspecified atom stereocenters. The molecule has 188 valence electrons. The van der Waals surface area contributed by atoms with Gasteiger partial charge >= 0.3 is 12.0 Å². The number of benzene rings is 2. The number of nitrogens with zero attached hydrogens (tertiary/aromatic N) is 3. The summed E-state index contributed by atoms with van der Waals surface area (Å²) in [6.45, 7) is 1.90. The molecule has 0 atom stereocenters. The van der Waals surface area contributed by atoms with Crippen molar-refractivity contribution in [2.45, 2.75) is 11.8 Å². The van der Waals surface area contributed by atoms with Crippen LogP contribution < -0.4 is 27.2 Å². The Morgan fingerprint density at radius 3 is 2.36 bits per heavy atom. The van der Waals surface area contributed by atoms with Crippen LogP contribution in [0.3, 0.4) is 0 Å². The number of guanidine groups is 2. The number of urea groups is 1. The van der Waals surface area contributed by atoms with E-state index in [1.54, 1.807) is 31.2 Å². The van der Waals surface area contributed by atoms with Crippen molar-refractivity contribution >= 4 is 45.3 Å². The number of anilines is 1. The number of nitrogens with two attached hydrogens (primary N) is 3. The van der Waals surface area contributed by atoms with Crippen molar-refractivity contribution in [3.63, 3.8) is 0 Å². The first-order valence-electron chi connectivity index (χ1n) is 10.2. The van der Waals surface area contributed by atoms with Gasteiger partial charge in [0, 0.05) is 11.3 Å². The van der Waals surface area contributed by atoms with Gasteiger partial charge in [-0.15, -0.1) is 0 Å². The molecule has 1 heterocycles. The Balaban J connectivity index is 1.58. The molecule has 2 aromatic carbocycles. The Morgan fingerprint density at radius 1 is 1.08 bits per heavy atom. The summed E-state index contributed by atoms with van der Waals surface area (Å²) in [5, 5.41) is 9.87. The Hall–Kier alpha value is -4.76. The molecule has 0 spiro atoms. The van der Waals surface area contributed by atoms with Gasteiger partial charge in [0.25, 0.3) is 0 Å². The van der Waals surface area contributed by atoms with Crippen LogP contribution in [-0.2, 0) is 14.8 Å². The molecule has 14 nitrogen and oxygen atoms in total. The van der Waals surface area contributed by atoms with E-state index in [9.17, 15) is 18.0 Å². The predicted molar refractivity (Wildman–Crippen MR) is 131 cm³/mol. The van der Waals surface area contributed by atoms with Gasteiger partial charge < -0.3 is 25.9 Å². The maximum atomic E-state index is 12.2. The second-order valence-corrected chi connectivity index (χ2v) is 8.48. The van der Waals surface area contributed by atoms with Crippen LogP contribution in [0.5, 0.6) is 0 Å². The van der Waals surface area contributed by atoms with Gasteiger partial charge in [0.05, 0.1) is 17.2 Å². The fourth-order valence-corrected chi connectivity index (χ4v) is 3.21. The molecule has 0 saturated heterocycles. The first-order valence-corrected chi connectivity index (χ1v) is 11.7. The third kappa shape index (κ3) is 7.12. The van der Waals surface area contributed by atoms with Crippen LogP contribution in [0.15, 0.2) is 74.1 Å². The Kier molecular flexibility index (Phi) is 7.98. The van der Waals surface area contributed by atoms with Crippen molar-refractivity contribution in [2.75, 3.05) is 11.9 Å². The lowest BCUT2D eigenvalue weighted by Gasteiger charge is -2.07. The minimum Gasteiger partial charge on any atom is -0.461 e. The van der Waals surface area contributed by atoms with Crippen molar-refractivity contribution in [3.05, 3.63) is 60.5 Å². The number of hydrogen-bond acceptors (Lipinski definition) is 8. The fraction of sp³-hybridized carbons (Fsp3) is 0.0952. The van der Waals surface area contributed by atoms with Gasteiger partial charge in [0.2, 0.25) is 27.8 Å². The highest BCUT2D eigenvalue weighted by atomic mass is 32.2. The van der Waals surface area contributed by atoms with E-state index in [0.29, 0.717) is 16.9 Å². The number of aromatic nitrogens is 1. The van der Waals surface area contributed by atoms with Gasteiger partial charge in [-0.25, -0.2) is 33.1 Å². The highest BCUT2D eigenvalue weighted by Gasteiger charge is 2.14. The number of rotatable bonds is 6.